The van der Waals surface area contributed by atoms with Crippen molar-refractivity contribution in [1.82, 2.24) is 4.90 Å². The largest absolute Gasteiger partial charge is 0.379 e. The second kappa shape index (κ2) is 6.99. The Morgan fingerprint density at radius 2 is 2.10 bits per heavy atom. The molecule has 7 heteroatoms. The first-order valence-corrected chi connectivity index (χ1v) is 7.47. The summed E-state index contributed by atoms with van der Waals surface area (Å²) in [5.41, 5.74) is 0.122. The quantitative estimate of drug-likeness (QED) is 0.487. The Labute approximate surface area is 125 Å². The van der Waals surface area contributed by atoms with E-state index in [1.165, 1.54) is 18.9 Å². The molecule has 0 radical (unpaired) electrons. The van der Waals surface area contributed by atoms with Crippen LogP contribution in [0.15, 0.2) is 16.6 Å². The summed E-state index contributed by atoms with van der Waals surface area (Å²) in [6.07, 6.45) is 3.42. The van der Waals surface area contributed by atoms with Crippen LogP contribution in [0.4, 0.5) is 15.8 Å². The molecule has 1 aromatic carbocycles. The Hall–Kier alpha value is -1.21. The van der Waals surface area contributed by atoms with Crippen LogP contribution in [-0.2, 0) is 0 Å². The summed E-state index contributed by atoms with van der Waals surface area (Å²) >= 11 is 3.05. The molecule has 0 amide bonds. The Morgan fingerprint density at radius 1 is 1.40 bits per heavy atom. The Balaban J connectivity index is 1.90. The van der Waals surface area contributed by atoms with Crippen LogP contribution in [0.25, 0.3) is 0 Å². The molecule has 5 nitrogen and oxygen atoms in total. The van der Waals surface area contributed by atoms with Gasteiger partial charge in [0.1, 0.15) is 11.5 Å². The van der Waals surface area contributed by atoms with E-state index in [4.69, 9.17) is 0 Å². The SMILES string of the molecule is O=[N+]([O-])c1cc(F)c(Br)cc1NCCCN1CCCC1. The molecule has 1 heterocycles. The van der Waals surface area contributed by atoms with Gasteiger partial charge in [-0.3, -0.25) is 10.1 Å². The highest BCUT2D eigenvalue weighted by molar-refractivity contribution is 9.10. The summed E-state index contributed by atoms with van der Waals surface area (Å²) in [5.74, 6) is -0.626. The molecule has 0 aliphatic carbocycles. The molecule has 0 atom stereocenters. The maximum Gasteiger partial charge on any atom is 0.295 e. The van der Waals surface area contributed by atoms with Gasteiger partial charge in [0, 0.05) is 6.54 Å². The maximum atomic E-state index is 13.3. The van der Waals surface area contributed by atoms with Gasteiger partial charge in [0.15, 0.2) is 0 Å². The lowest BCUT2D eigenvalue weighted by Gasteiger charge is -2.14. The molecule has 1 aromatic rings. The Bertz CT molecular complexity index is 493. The number of nitrogens with one attached hydrogen (secondary N) is 1. The number of hydrogen-bond donors (Lipinski definition) is 1. The molecule has 0 aromatic heterocycles. The number of likely N-dealkylation sites (tertiary alicyclic amines) is 1. The molecular weight excluding hydrogens is 329 g/mol. The van der Waals surface area contributed by atoms with Crippen molar-refractivity contribution in [1.29, 1.82) is 0 Å². The van der Waals surface area contributed by atoms with Crippen molar-refractivity contribution in [2.75, 3.05) is 31.5 Å². The minimum Gasteiger partial charge on any atom is -0.379 e. The van der Waals surface area contributed by atoms with E-state index >= 15 is 0 Å². The van der Waals surface area contributed by atoms with E-state index in [-0.39, 0.29) is 10.2 Å². The Morgan fingerprint density at radius 3 is 2.75 bits per heavy atom. The third kappa shape index (κ3) is 3.89. The van der Waals surface area contributed by atoms with Crippen LogP contribution >= 0.6 is 15.9 Å². The summed E-state index contributed by atoms with van der Waals surface area (Å²) < 4.78 is 13.6. The van der Waals surface area contributed by atoms with Gasteiger partial charge in [-0.25, -0.2) is 4.39 Å². The minimum absolute atomic E-state index is 0.227. The lowest BCUT2D eigenvalue weighted by molar-refractivity contribution is -0.384. The zero-order valence-electron chi connectivity index (χ0n) is 11.1. The van der Waals surface area contributed by atoms with Crippen LogP contribution in [0.3, 0.4) is 0 Å². The average Bonchev–Trinajstić information content (AvgIpc) is 2.91. The van der Waals surface area contributed by atoms with Crippen LogP contribution in [-0.4, -0.2) is 36.0 Å². The van der Waals surface area contributed by atoms with Crippen molar-refractivity contribution in [3.8, 4) is 0 Å². The molecule has 0 saturated carbocycles. The summed E-state index contributed by atoms with van der Waals surface area (Å²) in [5, 5.41) is 13.9. The predicted molar refractivity (Wildman–Crippen MR) is 79.5 cm³/mol. The molecule has 0 unspecified atom stereocenters. The fraction of sp³-hybridized carbons (Fsp3) is 0.538. The molecule has 0 spiro atoms. The van der Waals surface area contributed by atoms with Gasteiger partial charge < -0.3 is 10.2 Å². The van der Waals surface area contributed by atoms with Gasteiger partial charge in [-0.1, -0.05) is 0 Å². The number of nitrogens with zero attached hydrogens (tertiary/aromatic N) is 2. The molecule has 0 bridgehead atoms. The maximum absolute atomic E-state index is 13.3. The van der Waals surface area contributed by atoms with Gasteiger partial charge in [0.05, 0.1) is 15.5 Å². The van der Waals surface area contributed by atoms with Gasteiger partial charge in [-0.2, -0.15) is 0 Å². The van der Waals surface area contributed by atoms with Gasteiger partial charge in [-0.05, 0) is 60.9 Å². The summed E-state index contributed by atoms with van der Waals surface area (Å²) in [6.45, 7) is 3.91. The van der Waals surface area contributed by atoms with Gasteiger partial charge >= 0.3 is 0 Å². The summed E-state index contributed by atoms with van der Waals surface area (Å²) in [4.78, 5) is 12.7. The van der Waals surface area contributed by atoms with E-state index in [9.17, 15) is 14.5 Å². The van der Waals surface area contributed by atoms with Crippen LogP contribution in [0, 0.1) is 15.9 Å². The van der Waals surface area contributed by atoms with Gasteiger partial charge in [-0.15, -0.1) is 0 Å². The van der Waals surface area contributed by atoms with E-state index in [1.54, 1.807) is 0 Å². The van der Waals surface area contributed by atoms with E-state index in [2.05, 4.69) is 26.1 Å². The molecule has 1 saturated heterocycles. The lowest BCUT2D eigenvalue weighted by Crippen LogP contribution is -2.22. The zero-order valence-corrected chi connectivity index (χ0v) is 12.7. The molecule has 110 valence electrons. The molecular formula is C13H17BrFN3O2. The number of rotatable bonds is 6. The number of hydrogen-bond acceptors (Lipinski definition) is 4. The minimum atomic E-state index is -0.626. The van der Waals surface area contributed by atoms with Crippen LogP contribution < -0.4 is 5.32 Å². The van der Waals surface area contributed by atoms with Crippen molar-refractivity contribution in [3.05, 3.63) is 32.5 Å². The van der Waals surface area contributed by atoms with Gasteiger partial charge in [0.2, 0.25) is 0 Å². The van der Waals surface area contributed by atoms with E-state index < -0.39 is 10.7 Å². The molecule has 1 N–H and O–H groups in total. The first-order valence-electron chi connectivity index (χ1n) is 6.67. The zero-order chi connectivity index (χ0) is 14.5. The first-order chi connectivity index (χ1) is 9.58. The Kier molecular flexibility index (Phi) is 5.31. The normalized spacial score (nSPS) is 15.5. The highest BCUT2D eigenvalue weighted by Crippen LogP contribution is 2.30. The van der Waals surface area contributed by atoms with Crippen molar-refractivity contribution < 1.29 is 9.31 Å². The molecule has 1 aliphatic heterocycles. The number of halogens is 2. The average molecular weight is 346 g/mol. The number of benzene rings is 1. The van der Waals surface area contributed by atoms with Crippen molar-refractivity contribution in [2.45, 2.75) is 19.3 Å². The van der Waals surface area contributed by atoms with Crippen LogP contribution in [0.2, 0.25) is 0 Å². The third-order valence-corrected chi connectivity index (χ3v) is 4.01. The fourth-order valence-corrected chi connectivity index (χ4v) is 2.70. The van der Waals surface area contributed by atoms with E-state index in [1.807, 2.05) is 0 Å². The fourth-order valence-electron chi connectivity index (χ4n) is 2.36. The lowest BCUT2D eigenvalue weighted by atomic mass is 10.2. The van der Waals surface area contributed by atoms with E-state index in [0.29, 0.717) is 12.2 Å². The number of nitro groups is 1. The molecule has 20 heavy (non-hydrogen) atoms. The molecule has 2 rings (SSSR count). The highest BCUT2D eigenvalue weighted by Gasteiger charge is 2.17. The predicted octanol–water partition coefficient (Wildman–Crippen LogP) is 3.39. The molecule has 1 aliphatic rings. The smallest absolute Gasteiger partial charge is 0.295 e. The first kappa shape index (κ1) is 15.2. The van der Waals surface area contributed by atoms with Crippen molar-refractivity contribution >= 4 is 27.3 Å². The number of nitro benzene ring substituents is 1. The second-order valence-corrected chi connectivity index (χ2v) is 5.72. The van der Waals surface area contributed by atoms with Crippen LogP contribution in [0.1, 0.15) is 19.3 Å². The van der Waals surface area contributed by atoms with Crippen molar-refractivity contribution in [3.63, 3.8) is 0 Å². The third-order valence-electron chi connectivity index (χ3n) is 3.40. The summed E-state index contributed by atoms with van der Waals surface area (Å²) in [7, 11) is 0. The second-order valence-electron chi connectivity index (χ2n) is 4.87. The van der Waals surface area contributed by atoms with Crippen LogP contribution in [0.5, 0.6) is 0 Å². The summed E-state index contributed by atoms with van der Waals surface area (Å²) in [6, 6.07) is 2.36. The van der Waals surface area contributed by atoms with Gasteiger partial charge in [0.25, 0.3) is 5.69 Å². The molecule has 1 fully saturated rings. The highest BCUT2D eigenvalue weighted by atomic mass is 79.9. The van der Waals surface area contributed by atoms with Crippen molar-refractivity contribution in [2.24, 2.45) is 0 Å². The monoisotopic (exact) mass is 345 g/mol. The standard InChI is InChI=1S/C13H17BrFN3O2/c14-10-8-12(13(18(19)20)9-11(10)15)16-4-3-7-17-5-1-2-6-17/h8-9,16H,1-7H2. The number of anilines is 1. The topological polar surface area (TPSA) is 58.4 Å². The van der Waals surface area contributed by atoms with E-state index in [0.717, 1.165) is 32.1 Å².